The van der Waals surface area contributed by atoms with Gasteiger partial charge in [-0.25, -0.2) is 4.68 Å². The smallest absolute Gasteiger partial charge is 0.283 e. The molecule has 1 unspecified atom stereocenters. The second-order valence-electron chi connectivity index (χ2n) is 6.29. The maximum Gasteiger partial charge on any atom is 0.283 e. The Morgan fingerprint density at radius 1 is 1.38 bits per heavy atom. The van der Waals surface area contributed by atoms with Gasteiger partial charge >= 0.3 is 0 Å². The van der Waals surface area contributed by atoms with Gasteiger partial charge in [0.15, 0.2) is 0 Å². The van der Waals surface area contributed by atoms with E-state index in [1.165, 1.54) is 25.7 Å². The standard InChI is InChI=1S/C15H23BrN4O/c1-17-7-12-3-2-6-19(9-12)13-8-18-20(10-11-4-5-11)15(21)14(13)16/h8,11-12,17H,2-7,9-10H2,1H3. The van der Waals surface area contributed by atoms with Gasteiger partial charge in [-0.3, -0.25) is 4.79 Å². The number of nitrogens with zero attached hydrogens (tertiary/aromatic N) is 3. The van der Waals surface area contributed by atoms with E-state index in [2.05, 4.69) is 31.2 Å². The van der Waals surface area contributed by atoms with Crippen LogP contribution in [0.2, 0.25) is 0 Å². The molecular weight excluding hydrogens is 332 g/mol. The van der Waals surface area contributed by atoms with Gasteiger partial charge in [0.2, 0.25) is 0 Å². The first-order valence-corrected chi connectivity index (χ1v) is 8.63. The van der Waals surface area contributed by atoms with Gasteiger partial charge in [-0.2, -0.15) is 5.10 Å². The summed E-state index contributed by atoms with van der Waals surface area (Å²) in [7, 11) is 2.00. The normalized spacial score (nSPS) is 22.6. The average molecular weight is 355 g/mol. The second-order valence-corrected chi connectivity index (χ2v) is 7.08. The first-order valence-electron chi connectivity index (χ1n) is 7.84. The molecule has 0 amide bonds. The van der Waals surface area contributed by atoms with Crippen LogP contribution in [0.25, 0.3) is 0 Å². The Hall–Kier alpha value is -0.880. The number of nitrogens with one attached hydrogen (secondary N) is 1. The topological polar surface area (TPSA) is 50.2 Å². The van der Waals surface area contributed by atoms with Crippen molar-refractivity contribution in [3.8, 4) is 0 Å². The van der Waals surface area contributed by atoms with E-state index in [1.54, 1.807) is 4.68 Å². The predicted octanol–water partition coefficient (Wildman–Crippen LogP) is 1.85. The van der Waals surface area contributed by atoms with Crippen molar-refractivity contribution in [2.45, 2.75) is 32.2 Å². The van der Waals surface area contributed by atoms with Crippen LogP contribution in [0.3, 0.4) is 0 Å². The summed E-state index contributed by atoms with van der Waals surface area (Å²) in [5.41, 5.74) is 0.961. The van der Waals surface area contributed by atoms with Gasteiger partial charge in [-0.1, -0.05) is 0 Å². The molecule has 1 aromatic rings. The fraction of sp³-hybridized carbons (Fsp3) is 0.733. The van der Waals surface area contributed by atoms with Gasteiger partial charge in [-0.05, 0) is 67.0 Å². The summed E-state index contributed by atoms with van der Waals surface area (Å²) < 4.78 is 2.28. The maximum absolute atomic E-state index is 12.4. The molecule has 0 spiro atoms. The molecule has 2 aliphatic rings. The molecule has 21 heavy (non-hydrogen) atoms. The summed E-state index contributed by atoms with van der Waals surface area (Å²) in [4.78, 5) is 14.7. The molecule has 1 aliphatic heterocycles. The van der Waals surface area contributed by atoms with Gasteiger partial charge in [0.05, 0.1) is 11.9 Å². The number of anilines is 1. The number of hydrogen-bond acceptors (Lipinski definition) is 4. The molecule has 2 fully saturated rings. The first-order chi connectivity index (χ1) is 10.2. The van der Waals surface area contributed by atoms with Crippen LogP contribution in [-0.4, -0.2) is 36.5 Å². The average Bonchev–Trinajstić information content (AvgIpc) is 3.29. The molecular formula is C15H23BrN4O. The minimum absolute atomic E-state index is 0.00939. The van der Waals surface area contributed by atoms with Crippen LogP contribution in [0, 0.1) is 11.8 Å². The Kier molecular flexibility index (Phi) is 4.64. The van der Waals surface area contributed by atoms with Crippen molar-refractivity contribution < 1.29 is 0 Å². The molecule has 6 heteroatoms. The molecule has 0 aromatic carbocycles. The van der Waals surface area contributed by atoms with Crippen LogP contribution in [-0.2, 0) is 6.54 Å². The van der Waals surface area contributed by atoms with Crippen molar-refractivity contribution in [3.63, 3.8) is 0 Å². The molecule has 1 atom stereocenters. The molecule has 1 aromatic heterocycles. The van der Waals surface area contributed by atoms with Crippen molar-refractivity contribution in [1.82, 2.24) is 15.1 Å². The highest BCUT2D eigenvalue weighted by Gasteiger charge is 2.25. The quantitative estimate of drug-likeness (QED) is 0.876. The van der Waals surface area contributed by atoms with Crippen LogP contribution < -0.4 is 15.8 Å². The highest BCUT2D eigenvalue weighted by atomic mass is 79.9. The second kappa shape index (κ2) is 6.48. The third-order valence-corrected chi connectivity index (χ3v) is 5.19. The zero-order valence-corrected chi connectivity index (χ0v) is 14.1. The molecule has 2 heterocycles. The van der Waals surface area contributed by atoms with Crippen LogP contribution in [0.5, 0.6) is 0 Å². The van der Waals surface area contributed by atoms with Crippen LogP contribution in [0.1, 0.15) is 25.7 Å². The summed E-state index contributed by atoms with van der Waals surface area (Å²) in [6.45, 7) is 3.79. The highest BCUT2D eigenvalue weighted by molar-refractivity contribution is 9.10. The van der Waals surface area contributed by atoms with Crippen molar-refractivity contribution in [3.05, 3.63) is 21.0 Å². The number of piperidine rings is 1. The predicted molar refractivity (Wildman–Crippen MR) is 87.8 cm³/mol. The van der Waals surface area contributed by atoms with Gasteiger partial charge in [-0.15, -0.1) is 0 Å². The summed E-state index contributed by atoms with van der Waals surface area (Å²) >= 11 is 3.51. The third-order valence-electron chi connectivity index (χ3n) is 4.45. The van der Waals surface area contributed by atoms with E-state index < -0.39 is 0 Å². The zero-order chi connectivity index (χ0) is 14.8. The number of aromatic nitrogens is 2. The van der Waals surface area contributed by atoms with Crippen molar-refractivity contribution >= 4 is 21.6 Å². The first kappa shape index (κ1) is 15.0. The lowest BCUT2D eigenvalue weighted by Crippen LogP contribution is -2.40. The van der Waals surface area contributed by atoms with Gasteiger partial charge < -0.3 is 10.2 Å². The molecule has 0 bridgehead atoms. The van der Waals surface area contributed by atoms with Crippen LogP contribution >= 0.6 is 15.9 Å². The molecule has 1 aliphatic carbocycles. The van der Waals surface area contributed by atoms with E-state index in [0.29, 0.717) is 16.3 Å². The fourth-order valence-electron chi connectivity index (χ4n) is 3.09. The Bertz CT molecular complexity index is 553. The maximum atomic E-state index is 12.4. The van der Waals surface area contributed by atoms with E-state index in [4.69, 9.17) is 0 Å². The Morgan fingerprint density at radius 2 is 2.19 bits per heavy atom. The SMILES string of the molecule is CNCC1CCCN(c2cnn(CC3CC3)c(=O)c2Br)C1. The Morgan fingerprint density at radius 3 is 2.90 bits per heavy atom. The molecule has 1 saturated carbocycles. The van der Waals surface area contributed by atoms with E-state index in [1.807, 2.05) is 13.2 Å². The Labute approximate surface area is 133 Å². The molecule has 5 nitrogen and oxygen atoms in total. The van der Waals surface area contributed by atoms with E-state index >= 15 is 0 Å². The fourth-order valence-corrected chi connectivity index (χ4v) is 3.65. The lowest BCUT2D eigenvalue weighted by molar-refractivity contribution is 0.401. The van der Waals surface area contributed by atoms with Crippen molar-refractivity contribution in [1.29, 1.82) is 0 Å². The van der Waals surface area contributed by atoms with Gasteiger partial charge in [0.25, 0.3) is 5.56 Å². The largest absolute Gasteiger partial charge is 0.369 e. The van der Waals surface area contributed by atoms with Crippen LogP contribution in [0.4, 0.5) is 5.69 Å². The monoisotopic (exact) mass is 354 g/mol. The zero-order valence-electron chi connectivity index (χ0n) is 12.5. The lowest BCUT2D eigenvalue weighted by Gasteiger charge is -2.34. The number of hydrogen-bond donors (Lipinski definition) is 1. The van der Waals surface area contributed by atoms with Crippen molar-refractivity contribution in [2.75, 3.05) is 31.6 Å². The van der Waals surface area contributed by atoms with E-state index in [-0.39, 0.29) is 5.56 Å². The van der Waals surface area contributed by atoms with Gasteiger partial charge in [0, 0.05) is 19.6 Å². The number of halogens is 1. The van der Waals surface area contributed by atoms with Crippen molar-refractivity contribution in [2.24, 2.45) is 11.8 Å². The molecule has 1 N–H and O–H groups in total. The van der Waals surface area contributed by atoms with E-state index in [9.17, 15) is 4.79 Å². The van der Waals surface area contributed by atoms with Crippen LogP contribution in [0.15, 0.2) is 15.5 Å². The van der Waals surface area contributed by atoms with E-state index in [0.717, 1.165) is 31.9 Å². The van der Waals surface area contributed by atoms with Gasteiger partial charge in [0.1, 0.15) is 4.47 Å². The molecule has 0 radical (unpaired) electrons. The highest BCUT2D eigenvalue weighted by Crippen LogP contribution is 2.31. The minimum Gasteiger partial charge on any atom is -0.369 e. The third kappa shape index (κ3) is 3.48. The summed E-state index contributed by atoms with van der Waals surface area (Å²) in [6.07, 6.45) is 6.73. The summed E-state index contributed by atoms with van der Waals surface area (Å²) in [5, 5.41) is 7.64. The molecule has 116 valence electrons. The number of rotatable bonds is 5. The molecule has 1 saturated heterocycles. The Balaban J connectivity index is 1.78. The summed E-state index contributed by atoms with van der Waals surface area (Å²) in [5.74, 6) is 1.30. The molecule has 3 rings (SSSR count). The summed E-state index contributed by atoms with van der Waals surface area (Å²) in [6, 6.07) is 0. The lowest BCUT2D eigenvalue weighted by atomic mass is 9.98. The minimum atomic E-state index is 0.00939.